The Balaban J connectivity index is 2.68. The Labute approximate surface area is 93.9 Å². The van der Waals surface area contributed by atoms with Gasteiger partial charge in [-0.3, -0.25) is 0 Å². The minimum absolute atomic E-state index is 0.296. The van der Waals surface area contributed by atoms with Crippen molar-refractivity contribution in [2.45, 2.75) is 4.90 Å². The minimum atomic E-state index is -3.24. The van der Waals surface area contributed by atoms with Crippen molar-refractivity contribution >= 4 is 9.84 Å². The fourth-order valence-electron chi connectivity index (χ4n) is 1.47. The molecule has 2 rings (SSSR count). The molecule has 82 valence electrons. The maximum atomic E-state index is 11.6. The van der Waals surface area contributed by atoms with Gasteiger partial charge in [-0.15, -0.1) is 0 Å². The third kappa shape index (κ3) is 2.09. The number of rotatable bonds is 2. The second kappa shape index (κ2) is 4.02. The van der Waals surface area contributed by atoms with E-state index in [1.165, 1.54) is 12.6 Å². The van der Waals surface area contributed by atoms with Crippen molar-refractivity contribution in [2.75, 3.05) is 6.26 Å². The van der Waals surface area contributed by atoms with Gasteiger partial charge in [0.05, 0.1) is 4.90 Å². The van der Waals surface area contributed by atoms with E-state index in [1.807, 2.05) is 0 Å². The Hall–Kier alpha value is -1.75. The summed E-state index contributed by atoms with van der Waals surface area (Å²) in [5.41, 5.74) is 1.33. The van der Waals surface area contributed by atoms with E-state index in [0.29, 0.717) is 16.0 Å². The maximum absolute atomic E-state index is 11.6. The molecule has 2 aromatic rings. The van der Waals surface area contributed by atoms with Gasteiger partial charge in [0.15, 0.2) is 9.84 Å². The molecule has 0 fully saturated rings. The van der Waals surface area contributed by atoms with Gasteiger partial charge in [0, 0.05) is 29.8 Å². The van der Waals surface area contributed by atoms with E-state index in [-0.39, 0.29) is 0 Å². The van der Waals surface area contributed by atoms with E-state index in [2.05, 4.69) is 9.97 Å². The lowest BCUT2D eigenvalue weighted by Crippen LogP contribution is -1.99. The molecule has 4 nitrogen and oxygen atoms in total. The highest BCUT2D eigenvalue weighted by Crippen LogP contribution is 2.25. The monoisotopic (exact) mass is 234 g/mol. The largest absolute Gasteiger partial charge is 0.244 e. The Morgan fingerprint density at radius 3 is 2.31 bits per heavy atom. The molecule has 0 aliphatic rings. The lowest BCUT2D eigenvalue weighted by molar-refractivity contribution is 0.602. The Morgan fingerprint density at radius 1 is 1.06 bits per heavy atom. The van der Waals surface area contributed by atoms with Crippen molar-refractivity contribution in [2.24, 2.45) is 0 Å². The van der Waals surface area contributed by atoms with Crippen molar-refractivity contribution in [1.29, 1.82) is 0 Å². The summed E-state index contributed by atoms with van der Waals surface area (Å²) >= 11 is 0. The van der Waals surface area contributed by atoms with Crippen molar-refractivity contribution in [3.8, 4) is 11.1 Å². The first-order chi connectivity index (χ1) is 7.59. The van der Waals surface area contributed by atoms with Crippen molar-refractivity contribution in [3.05, 3.63) is 43.0 Å². The first-order valence-electron chi connectivity index (χ1n) is 4.63. The molecule has 0 unspecified atom stereocenters. The maximum Gasteiger partial charge on any atom is 0.176 e. The number of benzene rings is 1. The van der Waals surface area contributed by atoms with Crippen molar-refractivity contribution < 1.29 is 8.42 Å². The molecule has 16 heavy (non-hydrogen) atoms. The predicted molar refractivity (Wildman–Crippen MR) is 60.6 cm³/mol. The van der Waals surface area contributed by atoms with E-state index in [4.69, 9.17) is 0 Å². The van der Waals surface area contributed by atoms with Gasteiger partial charge in [0.1, 0.15) is 6.33 Å². The number of hydrogen-bond donors (Lipinski definition) is 0. The topological polar surface area (TPSA) is 59.9 Å². The molecule has 0 saturated carbocycles. The fourth-order valence-corrected chi connectivity index (χ4v) is 2.38. The van der Waals surface area contributed by atoms with Crippen molar-refractivity contribution in [3.63, 3.8) is 0 Å². The van der Waals surface area contributed by atoms with E-state index >= 15 is 0 Å². The normalized spacial score (nSPS) is 11.3. The molecule has 1 aromatic heterocycles. The number of aromatic nitrogens is 2. The first-order valence-corrected chi connectivity index (χ1v) is 6.52. The SMILES string of the molecule is CS(=O)(=O)c1ccccc1-c1cncnc1. The molecule has 5 heteroatoms. The molecule has 1 aromatic carbocycles. The highest BCUT2D eigenvalue weighted by molar-refractivity contribution is 7.90. The summed E-state index contributed by atoms with van der Waals surface area (Å²) in [6.45, 7) is 0. The van der Waals surface area contributed by atoms with Crippen LogP contribution in [0.5, 0.6) is 0 Å². The summed E-state index contributed by atoms with van der Waals surface area (Å²) in [7, 11) is -3.24. The van der Waals surface area contributed by atoms with Crippen LogP contribution in [0.3, 0.4) is 0 Å². The van der Waals surface area contributed by atoms with Gasteiger partial charge in [-0.05, 0) is 6.07 Å². The summed E-state index contributed by atoms with van der Waals surface area (Å²) in [6, 6.07) is 6.81. The van der Waals surface area contributed by atoms with Crippen LogP contribution in [0.25, 0.3) is 11.1 Å². The number of hydrogen-bond acceptors (Lipinski definition) is 4. The number of sulfone groups is 1. The summed E-state index contributed by atoms with van der Waals surface area (Å²) < 4.78 is 23.2. The van der Waals surface area contributed by atoms with Gasteiger partial charge in [0.25, 0.3) is 0 Å². The zero-order valence-corrected chi connectivity index (χ0v) is 9.48. The van der Waals surface area contributed by atoms with Gasteiger partial charge in [-0.25, -0.2) is 18.4 Å². The predicted octanol–water partition coefficient (Wildman–Crippen LogP) is 1.55. The summed E-state index contributed by atoms with van der Waals surface area (Å²) in [6.07, 6.45) is 5.79. The zero-order valence-electron chi connectivity index (χ0n) is 8.66. The van der Waals surface area contributed by atoms with Gasteiger partial charge >= 0.3 is 0 Å². The molecule has 0 aliphatic carbocycles. The third-order valence-corrected chi connectivity index (χ3v) is 3.31. The summed E-state index contributed by atoms with van der Waals surface area (Å²) in [4.78, 5) is 8.05. The highest BCUT2D eigenvalue weighted by Gasteiger charge is 2.13. The Morgan fingerprint density at radius 2 is 1.69 bits per heavy atom. The average Bonchev–Trinajstić information content (AvgIpc) is 2.29. The Bertz CT molecular complexity index is 594. The standard InChI is InChI=1S/C11H10N2O2S/c1-16(14,15)11-5-3-2-4-10(11)9-6-12-8-13-7-9/h2-8H,1H3. The molecule has 0 spiro atoms. The summed E-state index contributed by atoms with van der Waals surface area (Å²) in [5.74, 6) is 0. The van der Waals surface area contributed by atoms with E-state index in [9.17, 15) is 8.42 Å². The summed E-state index contributed by atoms with van der Waals surface area (Å²) in [5, 5.41) is 0. The minimum Gasteiger partial charge on any atom is -0.244 e. The van der Waals surface area contributed by atoms with Gasteiger partial charge in [0.2, 0.25) is 0 Å². The van der Waals surface area contributed by atoms with Crippen LogP contribution in [0.2, 0.25) is 0 Å². The second-order valence-corrected chi connectivity index (χ2v) is 5.38. The van der Waals surface area contributed by atoms with Crippen LogP contribution in [0, 0.1) is 0 Å². The average molecular weight is 234 g/mol. The van der Waals surface area contributed by atoms with Gasteiger partial charge < -0.3 is 0 Å². The van der Waals surface area contributed by atoms with Crippen LogP contribution >= 0.6 is 0 Å². The van der Waals surface area contributed by atoms with E-state index in [1.54, 1.807) is 36.7 Å². The molecule has 0 N–H and O–H groups in total. The highest BCUT2D eigenvalue weighted by atomic mass is 32.2. The molecule has 0 radical (unpaired) electrons. The smallest absolute Gasteiger partial charge is 0.176 e. The second-order valence-electron chi connectivity index (χ2n) is 3.40. The molecular formula is C11H10N2O2S. The van der Waals surface area contributed by atoms with Crippen LogP contribution in [0.4, 0.5) is 0 Å². The Kier molecular flexibility index (Phi) is 2.70. The lowest BCUT2D eigenvalue weighted by Gasteiger charge is -2.06. The molecule has 0 saturated heterocycles. The molecule has 0 amide bonds. The van der Waals surface area contributed by atoms with Crippen LogP contribution in [0.1, 0.15) is 0 Å². The zero-order chi connectivity index (χ0) is 11.6. The fraction of sp³-hybridized carbons (Fsp3) is 0.0909. The van der Waals surface area contributed by atoms with Crippen LogP contribution in [-0.4, -0.2) is 24.6 Å². The van der Waals surface area contributed by atoms with Crippen LogP contribution < -0.4 is 0 Å². The van der Waals surface area contributed by atoms with Gasteiger partial charge in [-0.1, -0.05) is 18.2 Å². The van der Waals surface area contributed by atoms with Crippen molar-refractivity contribution in [1.82, 2.24) is 9.97 Å². The molecule has 1 heterocycles. The van der Waals surface area contributed by atoms with E-state index < -0.39 is 9.84 Å². The quantitative estimate of drug-likeness (QED) is 0.791. The molecule has 0 aliphatic heterocycles. The molecular weight excluding hydrogens is 224 g/mol. The lowest BCUT2D eigenvalue weighted by atomic mass is 10.1. The van der Waals surface area contributed by atoms with Crippen LogP contribution in [0.15, 0.2) is 47.9 Å². The van der Waals surface area contributed by atoms with Gasteiger partial charge in [-0.2, -0.15) is 0 Å². The third-order valence-electron chi connectivity index (χ3n) is 2.16. The molecule has 0 atom stereocenters. The van der Waals surface area contributed by atoms with E-state index in [0.717, 1.165) is 0 Å². The first kappa shape index (κ1) is 10.8. The van der Waals surface area contributed by atoms with Crippen LogP contribution in [-0.2, 0) is 9.84 Å². The number of nitrogens with zero attached hydrogens (tertiary/aromatic N) is 2. The molecule has 0 bridgehead atoms.